The number of halogens is 3. The first kappa shape index (κ1) is 21.0. The number of benzene rings is 1. The first-order valence-corrected chi connectivity index (χ1v) is 9.69. The maximum absolute atomic E-state index is 13.3. The van der Waals surface area contributed by atoms with Crippen molar-refractivity contribution in [1.29, 1.82) is 0 Å². The Balaban J connectivity index is 2.49. The van der Waals surface area contributed by atoms with Gasteiger partial charge in [0.25, 0.3) is 0 Å². The van der Waals surface area contributed by atoms with Crippen LogP contribution in [0.1, 0.15) is 47.1 Å². The molecule has 1 saturated heterocycles. The van der Waals surface area contributed by atoms with E-state index in [1.54, 1.807) is 27.7 Å². The predicted molar refractivity (Wildman–Crippen MR) is 94.8 cm³/mol. The van der Waals surface area contributed by atoms with Crippen LogP contribution in [0.5, 0.6) is 0 Å². The van der Waals surface area contributed by atoms with Crippen molar-refractivity contribution >= 4 is 28.3 Å². The maximum Gasteiger partial charge on any atom is 0.494 e. The lowest BCUT2D eigenvalue weighted by Gasteiger charge is -2.32. The zero-order valence-electron chi connectivity index (χ0n) is 15.6. The van der Waals surface area contributed by atoms with Crippen LogP contribution in [-0.4, -0.2) is 32.0 Å². The number of anilines is 1. The lowest BCUT2D eigenvalue weighted by molar-refractivity contribution is -0.137. The first-order valence-electron chi connectivity index (χ1n) is 8.15. The summed E-state index contributed by atoms with van der Waals surface area (Å²) < 4.78 is 77.7. The molecule has 0 unspecified atom stereocenters. The molecule has 2 rings (SSSR count). The van der Waals surface area contributed by atoms with Crippen LogP contribution in [-0.2, 0) is 25.5 Å². The van der Waals surface area contributed by atoms with Gasteiger partial charge in [-0.1, -0.05) is 6.07 Å². The van der Waals surface area contributed by atoms with Crippen molar-refractivity contribution in [1.82, 2.24) is 0 Å². The Kier molecular flexibility index (Phi) is 5.20. The number of nitrogens with one attached hydrogen (secondary N) is 1. The highest BCUT2D eigenvalue weighted by atomic mass is 32.2. The zero-order chi connectivity index (χ0) is 20.1. The lowest BCUT2D eigenvalue weighted by atomic mass is 9.78. The van der Waals surface area contributed by atoms with Crippen LogP contribution in [0.3, 0.4) is 0 Å². The van der Waals surface area contributed by atoms with Crippen LogP contribution in [0.15, 0.2) is 18.2 Å². The second-order valence-corrected chi connectivity index (χ2v) is 9.86. The van der Waals surface area contributed by atoms with E-state index in [9.17, 15) is 21.6 Å². The van der Waals surface area contributed by atoms with E-state index in [0.717, 1.165) is 12.1 Å². The van der Waals surface area contributed by atoms with E-state index in [-0.39, 0.29) is 11.2 Å². The van der Waals surface area contributed by atoms with Crippen LogP contribution >= 0.6 is 0 Å². The molecule has 1 N–H and O–H groups in total. The second-order valence-electron chi connectivity index (χ2n) is 7.63. The molecule has 0 radical (unpaired) electrons. The van der Waals surface area contributed by atoms with E-state index in [0.29, 0.717) is 0 Å². The average molecular weight is 393 g/mol. The molecular formula is C16H23BF3NO4S. The highest BCUT2D eigenvalue weighted by Gasteiger charge is 2.52. The average Bonchev–Trinajstić information content (AvgIpc) is 2.65. The molecule has 5 nitrogen and oxygen atoms in total. The number of rotatable bonds is 4. The highest BCUT2D eigenvalue weighted by molar-refractivity contribution is 7.93. The van der Waals surface area contributed by atoms with E-state index < -0.39 is 45.3 Å². The molecule has 0 bridgehead atoms. The number of hydrogen-bond donors (Lipinski definition) is 1. The Morgan fingerprint density at radius 2 is 1.54 bits per heavy atom. The molecule has 1 aromatic carbocycles. The van der Waals surface area contributed by atoms with Gasteiger partial charge in [-0.05, 0) is 59.1 Å². The molecule has 0 aromatic heterocycles. The van der Waals surface area contributed by atoms with Crippen molar-refractivity contribution in [2.45, 2.75) is 64.2 Å². The Bertz CT molecular complexity index is 775. The monoisotopic (exact) mass is 393 g/mol. The smallest absolute Gasteiger partial charge is 0.399 e. The van der Waals surface area contributed by atoms with Crippen molar-refractivity contribution in [2.24, 2.45) is 0 Å². The molecule has 1 aliphatic rings. The fourth-order valence-corrected chi connectivity index (χ4v) is 2.95. The van der Waals surface area contributed by atoms with E-state index >= 15 is 0 Å². The third kappa shape index (κ3) is 4.18. The van der Waals surface area contributed by atoms with Gasteiger partial charge in [0.05, 0.1) is 22.0 Å². The van der Waals surface area contributed by atoms with Crippen molar-refractivity contribution in [2.75, 3.05) is 4.72 Å². The number of hydrogen-bond acceptors (Lipinski definition) is 4. The fourth-order valence-electron chi connectivity index (χ4n) is 2.27. The summed E-state index contributed by atoms with van der Waals surface area (Å²) in [4.78, 5) is 0. The van der Waals surface area contributed by atoms with Gasteiger partial charge in [-0.15, -0.1) is 0 Å². The third-order valence-electron chi connectivity index (χ3n) is 4.69. The van der Waals surface area contributed by atoms with Gasteiger partial charge in [0, 0.05) is 5.69 Å². The second kappa shape index (κ2) is 6.42. The Hall–Kier alpha value is -1.26. The van der Waals surface area contributed by atoms with Gasteiger partial charge in [-0.2, -0.15) is 13.2 Å². The topological polar surface area (TPSA) is 64.6 Å². The standard InChI is InChI=1S/C16H23BF3NO4S/c1-10(2)26(22,23)21-13-8-11(16(18,19)20)7-12(9-13)17-24-14(3,4)15(5,6)25-17/h7-10,21H,1-6H3. The van der Waals surface area contributed by atoms with Crippen LogP contribution in [0, 0.1) is 0 Å². The summed E-state index contributed by atoms with van der Waals surface area (Å²) >= 11 is 0. The summed E-state index contributed by atoms with van der Waals surface area (Å²) in [5.74, 6) is 0. The minimum absolute atomic E-state index is 0.0972. The van der Waals surface area contributed by atoms with E-state index in [2.05, 4.69) is 4.72 Å². The molecule has 0 saturated carbocycles. The summed E-state index contributed by atoms with van der Waals surface area (Å²) in [5, 5.41) is -0.794. The molecule has 1 aliphatic heterocycles. The molecule has 10 heteroatoms. The van der Waals surface area contributed by atoms with Gasteiger partial charge in [0.2, 0.25) is 10.0 Å². The molecule has 0 spiro atoms. The largest absolute Gasteiger partial charge is 0.494 e. The first-order chi connectivity index (χ1) is 11.6. The molecule has 26 heavy (non-hydrogen) atoms. The van der Waals surface area contributed by atoms with E-state index in [4.69, 9.17) is 9.31 Å². The van der Waals surface area contributed by atoms with E-state index in [1.165, 1.54) is 19.9 Å². The van der Waals surface area contributed by atoms with Crippen LogP contribution in [0.25, 0.3) is 0 Å². The Morgan fingerprint density at radius 3 is 1.96 bits per heavy atom. The third-order valence-corrected chi connectivity index (χ3v) is 6.45. The summed E-state index contributed by atoms with van der Waals surface area (Å²) in [6.45, 7) is 9.99. The maximum atomic E-state index is 13.3. The number of sulfonamides is 1. The van der Waals surface area contributed by atoms with Gasteiger partial charge in [0.15, 0.2) is 0 Å². The quantitative estimate of drug-likeness (QED) is 0.799. The minimum Gasteiger partial charge on any atom is -0.399 e. The van der Waals surface area contributed by atoms with Gasteiger partial charge < -0.3 is 9.31 Å². The van der Waals surface area contributed by atoms with Crippen molar-refractivity contribution in [3.63, 3.8) is 0 Å². The predicted octanol–water partition coefficient (Wildman–Crippen LogP) is 3.15. The molecule has 0 aliphatic carbocycles. The van der Waals surface area contributed by atoms with Gasteiger partial charge in [0.1, 0.15) is 0 Å². The number of alkyl halides is 3. The summed E-state index contributed by atoms with van der Waals surface area (Å²) in [6.07, 6.45) is -4.64. The summed E-state index contributed by atoms with van der Waals surface area (Å²) in [7, 11) is -4.84. The van der Waals surface area contributed by atoms with Crippen molar-refractivity contribution in [3.05, 3.63) is 23.8 Å². The van der Waals surface area contributed by atoms with Crippen LogP contribution < -0.4 is 10.2 Å². The zero-order valence-corrected chi connectivity index (χ0v) is 16.4. The minimum atomic E-state index is -4.64. The van der Waals surface area contributed by atoms with Crippen molar-refractivity contribution < 1.29 is 30.9 Å². The summed E-state index contributed by atoms with van der Waals surface area (Å²) in [6, 6.07) is 2.97. The molecule has 1 aromatic rings. The molecule has 146 valence electrons. The molecule has 1 fully saturated rings. The molecule has 0 amide bonds. The summed E-state index contributed by atoms with van der Waals surface area (Å²) in [5.41, 5.74) is -2.53. The Morgan fingerprint density at radius 1 is 1.04 bits per heavy atom. The van der Waals surface area contributed by atoms with Gasteiger partial charge in [-0.3, -0.25) is 4.72 Å². The van der Waals surface area contributed by atoms with Crippen LogP contribution in [0.2, 0.25) is 0 Å². The van der Waals surface area contributed by atoms with Crippen molar-refractivity contribution in [3.8, 4) is 0 Å². The molecular weight excluding hydrogens is 370 g/mol. The highest BCUT2D eigenvalue weighted by Crippen LogP contribution is 2.37. The van der Waals surface area contributed by atoms with Gasteiger partial charge in [-0.25, -0.2) is 8.42 Å². The normalized spacial score (nSPS) is 19.8. The molecule has 1 heterocycles. The Labute approximate surface area is 152 Å². The molecule has 0 atom stereocenters. The van der Waals surface area contributed by atoms with E-state index in [1.807, 2.05) is 0 Å². The van der Waals surface area contributed by atoms with Crippen LogP contribution in [0.4, 0.5) is 18.9 Å². The SMILES string of the molecule is CC(C)S(=O)(=O)Nc1cc(B2OC(C)(C)C(C)(C)O2)cc(C(F)(F)F)c1. The lowest BCUT2D eigenvalue weighted by Crippen LogP contribution is -2.41. The van der Waals surface area contributed by atoms with Gasteiger partial charge >= 0.3 is 13.3 Å². The fraction of sp³-hybridized carbons (Fsp3) is 0.625.